The van der Waals surface area contributed by atoms with Gasteiger partial charge in [0, 0.05) is 12.6 Å². The maximum atomic E-state index is 9.86. The first-order valence-electron chi connectivity index (χ1n) is 6.93. The van der Waals surface area contributed by atoms with Crippen molar-refractivity contribution in [1.82, 2.24) is 5.32 Å². The molecular formula is C16H25NOS. The summed E-state index contributed by atoms with van der Waals surface area (Å²) in [6.45, 7) is 9.46. The standard InChI is InChI=1S/C16H25NOS/c1-5-17-15(19)11-13(18)8-9-14-12(2)7-6-10-16(14,3)4/h8-9,11,18H,5-7,10H2,1-4H3,(H,17,19)/b9-8+,13-11-. The molecule has 0 bridgehead atoms. The van der Waals surface area contributed by atoms with Crippen LogP contribution in [0.5, 0.6) is 0 Å². The smallest absolute Gasteiger partial charge is 0.118 e. The second-order valence-corrected chi connectivity index (χ2v) is 6.17. The molecule has 1 rings (SSSR count). The lowest BCUT2D eigenvalue weighted by Gasteiger charge is -2.32. The third-order valence-electron chi connectivity index (χ3n) is 3.59. The topological polar surface area (TPSA) is 32.3 Å². The SMILES string of the molecule is CCNC(=S)/C=C(O)/C=C/C1=C(C)CCCC1(C)C. The van der Waals surface area contributed by atoms with Crippen LogP contribution in [0, 0.1) is 5.41 Å². The van der Waals surface area contributed by atoms with Crippen molar-refractivity contribution in [2.45, 2.75) is 47.0 Å². The van der Waals surface area contributed by atoms with Gasteiger partial charge in [0.05, 0.1) is 0 Å². The minimum absolute atomic E-state index is 0.196. The Kier molecular flexibility index (Phi) is 5.80. The normalized spacial score (nSPS) is 19.9. The van der Waals surface area contributed by atoms with Gasteiger partial charge in [0.15, 0.2) is 0 Å². The van der Waals surface area contributed by atoms with Crippen molar-refractivity contribution in [2.24, 2.45) is 5.41 Å². The second kappa shape index (κ2) is 6.90. The lowest BCUT2D eigenvalue weighted by atomic mass is 9.72. The van der Waals surface area contributed by atoms with Gasteiger partial charge in [0.2, 0.25) is 0 Å². The van der Waals surface area contributed by atoms with Gasteiger partial charge >= 0.3 is 0 Å². The molecule has 19 heavy (non-hydrogen) atoms. The molecule has 0 heterocycles. The number of hydrogen-bond acceptors (Lipinski definition) is 2. The number of rotatable bonds is 4. The summed E-state index contributed by atoms with van der Waals surface area (Å²) in [5.74, 6) is 0.202. The van der Waals surface area contributed by atoms with Crippen LogP contribution in [-0.2, 0) is 0 Å². The predicted octanol–water partition coefficient (Wildman–Crippen LogP) is 4.45. The summed E-state index contributed by atoms with van der Waals surface area (Å²) in [6.07, 6.45) is 8.97. The van der Waals surface area contributed by atoms with E-state index in [0.717, 1.165) is 13.0 Å². The van der Waals surface area contributed by atoms with Crippen LogP contribution in [0.1, 0.15) is 47.0 Å². The van der Waals surface area contributed by atoms with Gasteiger partial charge in [-0.1, -0.05) is 37.7 Å². The van der Waals surface area contributed by atoms with Gasteiger partial charge < -0.3 is 10.4 Å². The number of aliphatic hydroxyl groups excluding tert-OH is 1. The third-order valence-corrected chi connectivity index (χ3v) is 3.86. The van der Waals surface area contributed by atoms with Crippen LogP contribution in [0.4, 0.5) is 0 Å². The maximum absolute atomic E-state index is 9.86. The average molecular weight is 279 g/mol. The second-order valence-electron chi connectivity index (χ2n) is 5.73. The minimum Gasteiger partial charge on any atom is -0.508 e. The zero-order valence-corrected chi connectivity index (χ0v) is 13.2. The van der Waals surface area contributed by atoms with Crippen molar-refractivity contribution in [3.05, 3.63) is 35.1 Å². The van der Waals surface area contributed by atoms with E-state index in [4.69, 9.17) is 12.2 Å². The lowest BCUT2D eigenvalue weighted by molar-refractivity contribution is 0.376. The fourth-order valence-corrected chi connectivity index (χ4v) is 2.85. The van der Waals surface area contributed by atoms with Gasteiger partial charge in [-0.25, -0.2) is 0 Å². The van der Waals surface area contributed by atoms with Gasteiger partial charge in [0.25, 0.3) is 0 Å². The molecule has 0 saturated heterocycles. The van der Waals surface area contributed by atoms with Crippen molar-refractivity contribution in [1.29, 1.82) is 0 Å². The molecule has 0 fully saturated rings. The highest BCUT2D eigenvalue weighted by Crippen LogP contribution is 2.40. The van der Waals surface area contributed by atoms with Crippen molar-refractivity contribution in [2.75, 3.05) is 6.54 Å². The van der Waals surface area contributed by atoms with E-state index in [1.54, 1.807) is 12.2 Å². The van der Waals surface area contributed by atoms with E-state index in [1.165, 1.54) is 24.0 Å². The third kappa shape index (κ3) is 4.83. The maximum Gasteiger partial charge on any atom is 0.118 e. The van der Waals surface area contributed by atoms with Crippen molar-refractivity contribution in [3.8, 4) is 0 Å². The fourth-order valence-electron chi connectivity index (χ4n) is 2.59. The summed E-state index contributed by atoms with van der Waals surface area (Å²) in [7, 11) is 0. The highest BCUT2D eigenvalue weighted by atomic mass is 32.1. The van der Waals surface area contributed by atoms with Crippen LogP contribution in [0.2, 0.25) is 0 Å². The number of likely N-dealkylation sites (N-methyl/N-ethyl adjacent to an activating group) is 1. The molecule has 0 saturated carbocycles. The van der Waals surface area contributed by atoms with E-state index in [0.29, 0.717) is 4.99 Å². The van der Waals surface area contributed by atoms with Crippen LogP contribution in [0.15, 0.2) is 35.1 Å². The Morgan fingerprint density at radius 2 is 2.16 bits per heavy atom. The number of nitrogens with one attached hydrogen (secondary N) is 1. The fraction of sp³-hybridized carbons (Fsp3) is 0.562. The van der Waals surface area contributed by atoms with Gasteiger partial charge in [0.1, 0.15) is 10.7 Å². The van der Waals surface area contributed by atoms with Crippen molar-refractivity contribution < 1.29 is 5.11 Å². The summed E-state index contributed by atoms with van der Waals surface area (Å²) in [5, 5.41) is 12.8. The molecule has 0 unspecified atom stereocenters. The van der Waals surface area contributed by atoms with Crippen LogP contribution < -0.4 is 5.32 Å². The van der Waals surface area contributed by atoms with Crippen LogP contribution >= 0.6 is 12.2 Å². The van der Waals surface area contributed by atoms with Gasteiger partial charge in [-0.15, -0.1) is 0 Å². The summed E-state index contributed by atoms with van der Waals surface area (Å²) in [5.41, 5.74) is 2.96. The van der Waals surface area contributed by atoms with Crippen LogP contribution in [-0.4, -0.2) is 16.6 Å². The number of thiocarbonyl (C=S) groups is 1. The van der Waals surface area contributed by atoms with E-state index in [2.05, 4.69) is 26.1 Å². The summed E-state index contributed by atoms with van der Waals surface area (Å²) < 4.78 is 0. The monoisotopic (exact) mass is 279 g/mol. The first-order chi connectivity index (χ1) is 8.86. The summed E-state index contributed by atoms with van der Waals surface area (Å²) in [6, 6.07) is 0. The first-order valence-corrected chi connectivity index (χ1v) is 7.34. The Labute approximate surface area is 122 Å². The Bertz CT molecular complexity index is 430. The van der Waals surface area contributed by atoms with E-state index < -0.39 is 0 Å². The Morgan fingerprint density at radius 3 is 2.74 bits per heavy atom. The summed E-state index contributed by atoms with van der Waals surface area (Å²) >= 11 is 5.07. The zero-order valence-electron chi connectivity index (χ0n) is 12.4. The summed E-state index contributed by atoms with van der Waals surface area (Å²) in [4.78, 5) is 0.568. The van der Waals surface area contributed by atoms with E-state index in [9.17, 15) is 5.11 Å². The lowest BCUT2D eigenvalue weighted by Crippen LogP contribution is -2.19. The van der Waals surface area contributed by atoms with Gasteiger partial charge in [-0.3, -0.25) is 0 Å². The molecule has 0 aliphatic heterocycles. The molecule has 0 aromatic carbocycles. The van der Waals surface area contributed by atoms with E-state index in [1.807, 2.05) is 13.0 Å². The van der Waals surface area contributed by atoms with Crippen LogP contribution in [0.25, 0.3) is 0 Å². The molecule has 106 valence electrons. The van der Waals surface area contributed by atoms with Crippen molar-refractivity contribution in [3.63, 3.8) is 0 Å². The molecule has 2 N–H and O–H groups in total. The molecule has 0 amide bonds. The molecule has 3 heteroatoms. The van der Waals surface area contributed by atoms with E-state index in [-0.39, 0.29) is 11.2 Å². The molecular weight excluding hydrogens is 254 g/mol. The van der Waals surface area contributed by atoms with Crippen molar-refractivity contribution >= 4 is 17.2 Å². The minimum atomic E-state index is 0.196. The first kappa shape index (κ1) is 16.0. The number of aliphatic hydroxyl groups is 1. The highest BCUT2D eigenvalue weighted by molar-refractivity contribution is 7.80. The Hall–Kier alpha value is -1.09. The largest absolute Gasteiger partial charge is 0.508 e. The zero-order chi connectivity index (χ0) is 14.5. The Morgan fingerprint density at radius 1 is 1.47 bits per heavy atom. The molecule has 1 aliphatic carbocycles. The van der Waals surface area contributed by atoms with Crippen LogP contribution in [0.3, 0.4) is 0 Å². The molecule has 0 atom stereocenters. The molecule has 0 aromatic heterocycles. The number of hydrogen-bond donors (Lipinski definition) is 2. The number of allylic oxidation sites excluding steroid dienone is 4. The van der Waals surface area contributed by atoms with Gasteiger partial charge in [-0.2, -0.15) is 0 Å². The molecule has 0 radical (unpaired) electrons. The Balaban J connectivity index is 2.83. The molecule has 1 aliphatic rings. The average Bonchev–Trinajstić information content (AvgIpc) is 2.27. The molecule has 2 nitrogen and oxygen atoms in total. The van der Waals surface area contributed by atoms with Gasteiger partial charge in [-0.05, 0) is 50.2 Å². The highest BCUT2D eigenvalue weighted by Gasteiger charge is 2.26. The quantitative estimate of drug-likeness (QED) is 0.345. The van der Waals surface area contributed by atoms with E-state index >= 15 is 0 Å². The predicted molar refractivity (Wildman–Crippen MR) is 86.5 cm³/mol. The molecule has 0 aromatic rings. The molecule has 0 spiro atoms.